The van der Waals surface area contributed by atoms with Gasteiger partial charge in [-0.1, -0.05) is 20.3 Å². The van der Waals surface area contributed by atoms with Gasteiger partial charge in [0.2, 0.25) is 5.91 Å². The van der Waals surface area contributed by atoms with E-state index in [9.17, 15) is 4.79 Å². The molecule has 0 radical (unpaired) electrons. The molecule has 0 aliphatic carbocycles. The molecule has 2 fully saturated rings. The fourth-order valence-electron chi connectivity index (χ4n) is 3.90. The van der Waals surface area contributed by atoms with Gasteiger partial charge in [-0.3, -0.25) is 4.79 Å². The van der Waals surface area contributed by atoms with Crippen LogP contribution >= 0.6 is 0 Å². The minimum Gasteiger partial charge on any atom is -0.339 e. The van der Waals surface area contributed by atoms with Gasteiger partial charge in [0.05, 0.1) is 0 Å². The molecular weight excluding hydrogens is 236 g/mol. The summed E-state index contributed by atoms with van der Waals surface area (Å²) < 4.78 is 0. The van der Waals surface area contributed by atoms with E-state index in [0.717, 1.165) is 25.9 Å². The maximum absolute atomic E-state index is 12.8. The van der Waals surface area contributed by atoms with Crippen LogP contribution in [0.15, 0.2) is 0 Å². The molecule has 2 rings (SSSR count). The first-order valence-electron chi connectivity index (χ1n) is 8.17. The standard InChI is InChI=1S/C16H30N2O/c1-4-6-12(2)15-7-5-10-18(15)16(19)14-8-9-17-13(3)11-14/h12-15,17H,4-11H2,1-3H3/t12?,13-,14-,15?/m0/s1. The summed E-state index contributed by atoms with van der Waals surface area (Å²) in [7, 11) is 0. The number of nitrogens with one attached hydrogen (secondary N) is 1. The molecule has 2 heterocycles. The lowest BCUT2D eigenvalue weighted by Gasteiger charge is -2.35. The molecule has 2 unspecified atom stereocenters. The number of nitrogens with zero attached hydrogens (tertiary/aromatic N) is 1. The summed E-state index contributed by atoms with van der Waals surface area (Å²) in [5.74, 6) is 1.38. The van der Waals surface area contributed by atoms with Crippen LogP contribution < -0.4 is 5.32 Å². The Kier molecular flexibility index (Phi) is 5.26. The number of hydrogen-bond donors (Lipinski definition) is 1. The van der Waals surface area contributed by atoms with Gasteiger partial charge in [-0.2, -0.15) is 0 Å². The molecular formula is C16H30N2O. The van der Waals surface area contributed by atoms with Gasteiger partial charge in [-0.15, -0.1) is 0 Å². The van der Waals surface area contributed by atoms with Crippen LogP contribution in [-0.4, -0.2) is 36.0 Å². The lowest BCUT2D eigenvalue weighted by atomic mass is 9.90. The zero-order valence-corrected chi connectivity index (χ0v) is 12.8. The normalized spacial score (nSPS) is 33.4. The highest BCUT2D eigenvalue weighted by atomic mass is 16.2. The highest BCUT2D eigenvalue weighted by Gasteiger charge is 2.36. The lowest BCUT2D eigenvalue weighted by Crippen LogP contribution is -2.47. The molecule has 0 aromatic carbocycles. The van der Waals surface area contributed by atoms with E-state index >= 15 is 0 Å². The number of carbonyl (C=O) groups is 1. The van der Waals surface area contributed by atoms with Gasteiger partial charge >= 0.3 is 0 Å². The summed E-state index contributed by atoms with van der Waals surface area (Å²) in [6.07, 6.45) is 6.93. The molecule has 110 valence electrons. The number of likely N-dealkylation sites (tertiary alicyclic amines) is 1. The van der Waals surface area contributed by atoms with Crippen molar-refractivity contribution in [3.05, 3.63) is 0 Å². The molecule has 0 aromatic rings. The Morgan fingerprint density at radius 2 is 2.21 bits per heavy atom. The molecule has 2 aliphatic heterocycles. The zero-order valence-electron chi connectivity index (χ0n) is 12.8. The summed E-state index contributed by atoms with van der Waals surface area (Å²) in [6, 6.07) is 1.01. The van der Waals surface area contributed by atoms with Crippen molar-refractivity contribution in [3.8, 4) is 0 Å². The predicted molar refractivity (Wildman–Crippen MR) is 79.0 cm³/mol. The van der Waals surface area contributed by atoms with Crippen LogP contribution in [0.1, 0.15) is 59.3 Å². The molecule has 0 spiro atoms. The topological polar surface area (TPSA) is 32.3 Å². The summed E-state index contributed by atoms with van der Waals surface area (Å²) in [5, 5.41) is 3.44. The van der Waals surface area contributed by atoms with E-state index < -0.39 is 0 Å². The van der Waals surface area contributed by atoms with Crippen LogP contribution in [-0.2, 0) is 4.79 Å². The molecule has 19 heavy (non-hydrogen) atoms. The minimum absolute atomic E-state index is 0.269. The first-order chi connectivity index (χ1) is 9.13. The first kappa shape index (κ1) is 14.8. The molecule has 0 bridgehead atoms. The maximum atomic E-state index is 12.8. The Morgan fingerprint density at radius 1 is 1.42 bits per heavy atom. The Bertz CT molecular complexity index is 305. The minimum atomic E-state index is 0.269. The van der Waals surface area contributed by atoms with Crippen LogP contribution in [0, 0.1) is 11.8 Å². The van der Waals surface area contributed by atoms with Gasteiger partial charge < -0.3 is 10.2 Å². The van der Waals surface area contributed by atoms with Crippen molar-refractivity contribution in [2.45, 2.75) is 71.4 Å². The van der Waals surface area contributed by atoms with Gasteiger partial charge in [0, 0.05) is 24.5 Å². The van der Waals surface area contributed by atoms with E-state index in [1.165, 1.54) is 25.7 Å². The van der Waals surface area contributed by atoms with Gasteiger partial charge in [0.25, 0.3) is 0 Å². The van der Waals surface area contributed by atoms with Crippen LogP contribution in [0.25, 0.3) is 0 Å². The van der Waals surface area contributed by atoms with Gasteiger partial charge in [-0.05, 0) is 51.5 Å². The fraction of sp³-hybridized carbons (Fsp3) is 0.938. The number of rotatable bonds is 4. The summed E-state index contributed by atoms with van der Waals surface area (Å²) in [5.41, 5.74) is 0. The third kappa shape index (κ3) is 3.50. The second-order valence-electron chi connectivity index (χ2n) is 6.58. The van der Waals surface area contributed by atoms with Crippen molar-refractivity contribution >= 4 is 5.91 Å². The molecule has 0 saturated carbocycles. The number of amides is 1. The molecule has 4 atom stereocenters. The van der Waals surface area contributed by atoms with Crippen LogP contribution in [0.4, 0.5) is 0 Å². The summed E-state index contributed by atoms with van der Waals surface area (Å²) in [6.45, 7) is 8.76. The van der Waals surface area contributed by atoms with E-state index in [1.807, 2.05) is 0 Å². The molecule has 3 nitrogen and oxygen atoms in total. The smallest absolute Gasteiger partial charge is 0.226 e. The fourth-order valence-corrected chi connectivity index (χ4v) is 3.90. The molecule has 1 N–H and O–H groups in total. The quantitative estimate of drug-likeness (QED) is 0.848. The second-order valence-corrected chi connectivity index (χ2v) is 6.58. The van der Waals surface area contributed by atoms with E-state index in [0.29, 0.717) is 23.9 Å². The van der Waals surface area contributed by atoms with E-state index in [4.69, 9.17) is 0 Å². The van der Waals surface area contributed by atoms with E-state index in [2.05, 4.69) is 31.0 Å². The third-order valence-electron chi connectivity index (χ3n) is 4.96. The molecule has 0 aromatic heterocycles. The maximum Gasteiger partial charge on any atom is 0.226 e. The summed E-state index contributed by atoms with van der Waals surface area (Å²) >= 11 is 0. The van der Waals surface area contributed by atoms with Crippen molar-refractivity contribution in [2.24, 2.45) is 11.8 Å². The lowest BCUT2D eigenvalue weighted by molar-refractivity contribution is -0.138. The Hall–Kier alpha value is -0.570. The van der Waals surface area contributed by atoms with Crippen molar-refractivity contribution < 1.29 is 4.79 Å². The van der Waals surface area contributed by atoms with Crippen LogP contribution in [0.5, 0.6) is 0 Å². The number of carbonyl (C=O) groups excluding carboxylic acids is 1. The molecule has 2 aliphatic rings. The Morgan fingerprint density at radius 3 is 2.89 bits per heavy atom. The Balaban J connectivity index is 1.96. The monoisotopic (exact) mass is 266 g/mol. The van der Waals surface area contributed by atoms with Crippen molar-refractivity contribution in [2.75, 3.05) is 13.1 Å². The van der Waals surface area contributed by atoms with Crippen LogP contribution in [0.2, 0.25) is 0 Å². The average Bonchev–Trinajstić information content (AvgIpc) is 2.87. The zero-order chi connectivity index (χ0) is 13.8. The number of hydrogen-bond acceptors (Lipinski definition) is 2. The van der Waals surface area contributed by atoms with Crippen molar-refractivity contribution in [1.29, 1.82) is 0 Å². The predicted octanol–water partition coefficient (Wildman–Crippen LogP) is 2.80. The van der Waals surface area contributed by atoms with Crippen molar-refractivity contribution in [1.82, 2.24) is 10.2 Å². The Labute approximate surface area is 118 Å². The molecule has 2 saturated heterocycles. The van der Waals surface area contributed by atoms with Gasteiger partial charge in [0.15, 0.2) is 0 Å². The SMILES string of the molecule is CCCC(C)C1CCCN1C(=O)[C@H]1CCN[C@@H](C)C1. The van der Waals surface area contributed by atoms with E-state index in [-0.39, 0.29) is 5.92 Å². The second kappa shape index (κ2) is 6.74. The van der Waals surface area contributed by atoms with Gasteiger partial charge in [-0.25, -0.2) is 0 Å². The van der Waals surface area contributed by atoms with Crippen molar-refractivity contribution in [3.63, 3.8) is 0 Å². The highest BCUT2D eigenvalue weighted by molar-refractivity contribution is 5.79. The highest BCUT2D eigenvalue weighted by Crippen LogP contribution is 2.30. The average molecular weight is 266 g/mol. The third-order valence-corrected chi connectivity index (χ3v) is 4.96. The van der Waals surface area contributed by atoms with Gasteiger partial charge in [0.1, 0.15) is 0 Å². The summed E-state index contributed by atoms with van der Waals surface area (Å²) in [4.78, 5) is 15.0. The first-order valence-corrected chi connectivity index (χ1v) is 8.17. The number of piperidine rings is 1. The van der Waals surface area contributed by atoms with Crippen LogP contribution in [0.3, 0.4) is 0 Å². The molecule has 1 amide bonds. The largest absolute Gasteiger partial charge is 0.339 e. The molecule has 3 heteroatoms. The van der Waals surface area contributed by atoms with E-state index in [1.54, 1.807) is 0 Å².